The van der Waals surface area contributed by atoms with Crippen LogP contribution in [-0.2, 0) is 9.53 Å². The third-order valence-electron chi connectivity index (χ3n) is 4.61. The van der Waals surface area contributed by atoms with Crippen LogP contribution in [0.2, 0.25) is 0 Å². The highest BCUT2D eigenvalue weighted by molar-refractivity contribution is 5.69. The predicted molar refractivity (Wildman–Crippen MR) is 77.8 cm³/mol. The van der Waals surface area contributed by atoms with Crippen LogP contribution in [0.15, 0.2) is 12.2 Å². The van der Waals surface area contributed by atoms with Crippen molar-refractivity contribution in [2.24, 2.45) is 17.8 Å². The van der Waals surface area contributed by atoms with Gasteiger partial charge < -0.3 is 4.74 Å². The number of fused-ring (bicyclic) bond motifs is 2. The van der Waals surface area contributed by atoms with Crippen molar-refractivity contribution in [3.05, 3.63) is 12.2 Å². The highest BCUT2D eigenvalue weighted by Crippen LogP contribution is 2.44. The van der Waals surface area contributed by atoms with Gasteiger partial charge in [-0.05, 0) is 37.0 Å². The second-order valence-corrected chi connectivity index (χ2v) is 6.23. The smallest absolute Gasteiger partial charge is 0.306 e. The Bertz CT molecular complexity index is 308. The van der Waals surface area contributed by atoms with Gasteiger partial charge in [-0.2, -0.15) is 0 Å². The van der Waals surface area contributed by atoms with Gasteiger partial charge >= 0.3 is 5.97 Å². The summed E-state index contributed by atoms with van der Waals surface area (Å²) in [6, 6.07) is 0. The van der Waals surface area contributed by atoms with Crippen LogP contribution in [0.1, 0.15) is 64.7 Å². The molecule has 2 aliphatic carbocycles. The van der Waals surface area contributed by atoms with Gasteiger partial charge in [0.15, 0.2) is 0 Å². The highest BCUT2D eigenvalue weighted by Gasteiger charge is 2.36. The van der Waals surface area contributed by atoms with E-state index >= 15 is 0 Å². The van der Waals surface area contributed by atoms with Gasteiger partial charge in [0, 0.05) is 6.42 Å². The predicted octanol–water partition coefficient (Wildman–Crippen LogP) is 4.49. The number of hydrogen-bond donors (Lipinski definition) is 0. The molecular formula is C17H28O2. The summed E-state index contributed by atoms with van der Waals surface area (Å²) in [7, 11) is 0. The molecule has 2 heteroatoms. The Balaban J connectivity index is 1.47. The van der Waals surface area contributed by atoms with E-state index in [4.69, 9.17) is 4.74 Å². The Labute approximate surface area is 117 Å². The van der Waals surface area contributed by atoms with E-state index in [0.717, 1.165) is 12.3 Å². The van der Waals surface area contributed by atoms with Gasteiger partial charge in [-0.1, -0.05) is 51.2 Å². The SMILES string of the molecule is CCCCCCCCOC(=O)CC1CC2C=CC1C2. The fraction of sp³-hybridized carbons (Fsp3) is 0.824. The molecule has 0 aromatic heterocycles. The van der Waals surface area contributed by atoms with E-state index in [9.17, 15) is 4.79 Å². The summed E-state index contributed by atoms with van der Waals surface area (Å²) >= 11 is 0. The summed E-state index contributed by atoms with van der Waals surface area (Å²) in [5.74, 6) is 2.00. The summed E-state index contributed by atoms with van der Waals surface area (Å²) in [6.45, 7) is 2.86. The molecule has 0 spiro atoms. The molecule has 2 rings (SSSR count). The number of unbranched alkanes of at least 4 members (excludes halogenated alkanes) is 5. The second kappa shape index (κ2) is 7.72. The number of carbonyl (C=O) groups is 1. The molecule has 2 aliphatic rings. The zero-order valence-corrected chi connectivity index (χ0v) is 12.3. The third-order valence-corrected chi connectivity index (χ3v) is 4.61. The topological polar surface area (TPSA) is 26.3 Å². The molecule has 1 fully saturated rings. The van der Waals surface area contributed by atoms with Crippen LogP contribution in [0.5, 0.6) is 0 Å². The Kier molecular flexibility index (Phi) is 5.93. The standard InChI is InChI=1S/C17H28O2/c1-2-3-4-5-6-7-10-19-17(18)13-16-12-14-8-9-15(16)11-14/h8-9,14-16H,2-7,10-13H2,1H3. The van der Waals surface area contributed by atoms with Crippen LogP contribution in [0.25, 0.3) is 0 Å². The number of hydrogen-bond acceptors (Lipinski definition) is 2. The van der Waals surface area contributed by atoms with Crippen molar-refractivity contribution in [3.63, 3.8) is 0 Å². The van der Waals surface area contributed by atoms with Crippen molar-refractivity contribution < 1.29 is 9.53 Å². The van der Waals surface area contributed by atoms with Crippen molar-refractivity contribution in [1.29, 1.82) is 0 Å². The fourth-order valence-corrected chi connectivity index (χ4v) is 3.47. The zero-order valence-electron chi connectivity index (χ0n) is 12.3. The maximum atomic E-state index is 11.8. The molecule has 3 unspecified atom stereocenters. The lowest BCUT2D eigenvalue weighted by atomic mass is 9.91. The number of carbonyl (C=O) groups excluding carboxylic acids is 1. The molecule has 0 radical (unpaired) electrons. The third kappa shape index (κ3) is 4.67. The average molecular weight is 264 g/mol. The average Bonchev–Trinajstić information content (AvgIpc) is 3.00. The molecule has 0 saturated heterocycles. The molecule has 2 bridgehead atoms. The minimum atomic E-state index is 0.0273. The fourth-order valence-electron chi connectivity index (χ4n) is 3.47. The largest absolute Gasteiger partial charge is 0.466 e. The maximum Gasteiger partial charge on any atom is 0.306 e. The van der Waals surface area contributed by atoms with E-state index < -0.39 is 0 Å². The molecular weight excluding hydrogens is 236 g/mol. The van der Waals surface area contributed by atoms with Crippen LogP contribution in [0.4, 0.5) is 0 Å². The first kappa shape index (κ1) is 14.6. The molecule has 1 saturated carbocycles. The van der Waals surface area contributed by atoms with Gasteiger partial charge in [-0.15, -0.1) is 0 Å². The second-order valence-electron chi connectivity index (χ2n) is 6.23. The van der Waals surface area contributed by atoms with Crippen molar-refractivity contribution in [1.82, 2.24) is 0 Å². The number of ether oxygens (including phenoxy) is 1. The minimum absolute atomic E-state index is 0.0273. The van der Waals surface area contributed by atoms with Gasteiger partial charge in [0.25, 0.3) is 0 Å². The summed E-state index contributed by atoms with van der Waals surface area (Å²) in [5.41, 5.74) is 0. The number of rotatable bonds is 9. The molecule has 0 heterocycles. The van der Waals surface area contributed by atoms with E-state index in [1.165, 1.54) is 44.9 Å². The van der Waals surface area contributed by atoms with E-state index in [2.05, 4.69) is 19.1 Å². The number of allylic oxidation sites excluding steroid dienone is 2. The van der Waals surface area contributed by atoms with E-state index in [0.29, 0.717) is 24.9 Å². The molecule has 0 aliphatic heterocycles. The normalized spacial score (nSPS) is 27.9. The van der Waals surface area contributed by atoms with E-state index in [1.807, 2.05) is 0 Å². The first-order valence-electron chi connectivity index (χ1n) is 8.13. The molecule has 0 amide bonds. The van der Waals surface area contributed by atoms with Gasteiger partial charge in [0.05, 0.1) is 6.61 Å². The monoisotopic (exact) mass is 264 g/mol. The maximum absolute atomic E-state index is 11.8. The lowest BCUT2D eigenvalue weighted by molar-refractivity contribution is -0.145. The van der Waals surface area contributed by atoms with Crippen molar-refractivity contribution in [3.8, 4) is 0 Å². The Morgan fingerprint density at radius 3 is 2.58 bits per heavy atom. The first-order valence-corrected chi connectivity index (χ1v) is 8.13. The van der Waals surface area contributed by atoms with Crippen molar-refractivity contribution >= 4 is 5.97 Å². The lowest BCUT2D eigenvalue weighted by Crippen LogP contribution is -2.15. The molecule has 2 nitrogen and oxygen atoms in total. The number of esters is 1. The molecule has 19 heavy (non-hydrogen) atoms. The van der Waals surface area contributed by atoms with Crippen molar-refractivity contribution in [2.45, 2.75) is 64.7 Å². The lowest BCUT2D eigenvalue weighted by Gasteiger charge is -2.16. The molecule has 0 aromatic rings. The highest BCUT2D eigenvalue weighted by atomic mass is 16.5. The van der Waals surface area contributed by atoms with E-state index in [-0.39, 0.29) is 5.97 Å². The molecule has 108 valence electrons. The first-order chi connectivity index (χ1) is 9.29. The van der Waals surface area contributed by atoms with Gasteiger partial charge in [-0.3, -0.25) is 4.79 Å². The quantitative estimate of drug-likeness (QED) is 0.348. The van der Waals surface area contributed by atoms with Crippen LogP contribution in [0.3, 0.4) is 0 Å². The van der Waals surface area contributed by atoms with Gasteiger partial charge in [-0.25, -0.2) is 0 Å². The minimum Gasteiger partial charge on any atom is -0.466 e. The molecule has 0 N–H and O–H groups in total. The van der Waals surface area contributed by atoms with Crippen LogP contribution < -0.4 is 0 Å². The zero-order chi connectivity index (χ0) is 13.5. The summed E-state index contributed by atoms with van der Waals surface area (Å²) in [4.78, 5) is 11.8. The van der Waals surface area contributed by atoms with Gasteiger partial charge in [0.2, 0.25) is 0 Å². The van der Waals surface area contributed by atoms with Gasteiger partial charge in [0.1, 0.15) is 0 Å². The Morgan fingerprint density at radius 2 is 1.89 bits per heavy atom. The summed E-state index contributed by atoms with van der Waals surface area (Å²) in [6.07, 6.45) is 15.2. The Morgan fingerprint density at radius 1 is 1.11 bits per heavy atom. The summed E-state index contributed by atoms with van der Waals surface area (Å²) in [5, 5.41) is 0. The van der Waals surface area contributed by atoms with Crippen LogP contribution >= 0.6 is 0 Å². The Hall–Kier alpha value is -0.790. The van der Waals surface area contributed by atoms with E-state index in [1.54, 1.807) is 0 Å². The molecule has 0 aromatic carbocycles. The van der Waals surface area contributed by atoms with Crippen LogP contribution in [0, 0.1) is 17.8 Å². The van der Waals surface area contributed by atoms with Crippen molar-refractivity contribution in [2.75, 3.05) is 6.61 Å². The summed E-state index contributed by atoms with van der Waals surface area (Å²) < 4.78 is 5.36. The molecule has 3 atom stereocenters. The van der Waals surface area contributed by atoms with Crippen LogP contribution in [-0.4, -0.2) is 12.6 Å².